The zero-order valence-corrected chi connectivity index (χ0v) is 17.9. The van der Waals surface area contributed by atoms with Gasteiger partial charge in [-0.05, 0) is 55.6 Å². The summed E-state index contributed by atoms with van der Waals surface area (Å²) < 4.78 is 38.2. The topological polar surface area (TPSA) is 73.5 Å². The number of nitrogens with zero attached hydrogens (tertiary/aromatic N) is 1. The van der Waals surface area contributed by atoms with Crippen molar-refractivity contribution in [2.75, 3.05) is 36.8 Å². The van der Waals surface area contributed by atoms with Crippen LogP contribution in [0.2, 0.25) is 5.02 Å². The van der Waals surface area contributed by atoms with Crippen molar-refractivity contribution in [2.45, 2.75) is 20.0 Å². The molecule has 2 aromatic rings. The average Bonchev–Trinajstić information content (AvgIpc) is 2.70. The van der Waals surface area contributed by atoms with Crippen molar-refractivity contribution in [1.29, 1.82) is 0 Å². The number of rotatable bonds is 8. The standard InChI is InChI=1S/C21H24ClF3N4O2/c1-3-29(4-2)12-11-26-19(30)14-5-7-15(8-6-14)27-20(31)28-16-9-10-17(18(22)13-16)21(23,24)25/h5-10,13H,3-4,11-12H2,1-2H3,(H,26,30)(H2,27,28,31). The van der Waals surface area contributed by atoms with E-state index in [1.165, 1.54) is 0 Å². The average molecular weight is 457 g/mol. The van der Waals surface area contributed by atoms with E-state index in [-0.39, 0.29) is 11.6 Å². The van der Waals surface area contributed by atoms with Crippen molar-refractivity contribution in [3.05, 3.63) is 58.6 Å². The Bertz CT molecular complexity index is 900. The molecular formula is C21H24ClF3N4O2. The van der Waals surface area contributed by atoms with E-state index in [9.17, 15) is 22.8 Å². The van der Waals surface area contributed by atoms with Gasteiger partial charge in [0.1, 0.15) is 0 Å². The normalized spacial score (nSPS) is 11.3. The van der Waals surface area contributed by atoms with E-state index in [0.717, 1.165) is 37.8 Å². The molecule has 0 aliphatic rings. The number of nitrogens with one attached hydrogen (secondary N) is 3. The van der Waals surface area contributed by atoms with Crippen molar-refractivity contribution in [3.8, 4) is 0 Å². The number of alkyl halides is 3. The predicted octanol–water partition coefficient (Wildman–Crippen LogP) is 5.07. The Balaban J connectivity index is 1.89. The van der Waals surface area contributed by atoms with Crippen LogP contribution in [0.5, 0.6) is 0 Å². The second kappa shape index (κ2) is 11.0. The highest BCUT2D eigenvalue weighted by atomic mass is 35.5. The van der Waals surface area contributed by atoms with Crippen LogP contribution in [-0.4, -0.2) is 43.0 Å². The molecule has 0 fully saturated rings. The third kappa shape index (κ3) is 7.45. The minimum Gasteiger partial charge on any atom is -0.351 e. The van der Waals surface area contributed by atoms with Crippen molar-refractivity contribution in [2.24, 2.45) is 0 Å². The number of halogens is 4. The van der Waals surface area contributed by atoms with E-state index >= 15 is 0 Å². The molecule has 0 heterocycles. The number of carbonyl (C=O) groups excluding carboxylic acids is 2. The summed E-state index contributed by atoms with van der Waals surface area (Å²) in [5.41, 5.74) is -0.0130. The lowest BCUT2D eigenvalue weighted by Gasteiger charge is -2.18. The molecule has 0 saturated heterocycles. The first-order valence-electron chi connectivity index (χ1n) is 9.69. The number of anilines is 2. The van der Waals surface area contributed by atoms with Gasteiger partial charge in [-0.15, -0.1) is 0 Å². The molecule has 6 nitrogen and oxygen atoms in total. The van der Waals surface area contributed by atoms with Crippen molar-refractivity contribution in [1.82, 2.24) is 10.2 Å². The van der Waals surface area contributed by atoms with Gasteiger partial charge in [0.25, 0.3) is 5.91 Å². The summed E-state index contributed by atoms with van der Waals surface area (Å²) in [6.07, 6.45) is -4.57. The van der Waals surface area contributed by atoms with Crippen LogP contribution in [0, 0.1) is 0 Å². The molecule has 0 bridgehead atoms. The van der Waals surface area contributed by atoms with Crippen LogP contribution in [0.25, 0.3) is 0 Å². The molecule has 0 aromatic heterocycles. The first kappa shape index (κ1) is 24.5. The van der Waals surface area contributed by atoms with E-state index in [4.69, 9.17) is 11.6 Å². The highest BCUT2D eigenvalue weighted by molar-refractivity contribution is 6.31. The maximum atomic E-state index is 12.7. The number of benzene rings is 2. The van der Waals surface area contributed by atoms with Gasteiger partial charge in [-0.25, -0.2) is 4.79 Å². The molecule has 3 N–H and O–H groups in total. The fraction of sp³-hybridized carbons (Fsp3) is 0.333. The van der Waals surface area contributed by atoms with Gasteiger partial charge in [0.2, 0.25) is 0 Å². The molecule has 0 atom stereocenters. The zero-order valence-electron chi connectivity index (χ0n) is 17.1. The van der Waals surface area contributed by atoms with E-state index in [2.05, 4.69) is 34.7 Å². The minimum absolute atomic E-state index is 0.111. The first-order valence-corrected chi connectivity index (χ1v) is 10.1. The van der Waals surface area contributed by atoms with Crippen molar-refractivity contribution < 1.29 is 22.8 Å². The van der Waals surface area contributed by atoms with E-state index in [0.29, 0.717) is 17.8 Å². The van der Waals surface area contributed by atoms with E-state index < -0.39 is 22.8 Å². The van der Waals surface area contributed by atoms with Crippen LogP contribution in [0.4, 0.5) is 29.3 Å². The molecule has 0 aliphatic carbocycles. The second-order valence-electron chi connectivity index (χ2n) is 6.63. The van der Waals surface area contributed by atoms with Gasteiger partial charge in [-0.3, -0.25) is 4.79 Å². The van der Waals surface area contributed by atoms with E-state index in [1.54, 1.807) is 24.3 Å². The summed E-state index contributed by atoms with van der Waals surface area (Å²) in [6.45, 7) is 7.21. The number of likely N-dealkylation sites (N-methyl/N-ethyl adjacent to an activating group) is 1. The van der Waals surface area contributed by atoms with Gasteiger partial charge in [0.15, 0.2) is 0 Å². The van der Waals surface area contributed by atoms with Crippen LogP contribution in [0.1, 0.15) is 29.8 Å². The Labute approximate surface area is 183 Å². The SMILES string of the molecule is CCN(CC)CCNC(=O)c1ccc(NC(=O)Nc2ccc(C(F)(F)F)c(Cl)c2)cc1. The van der Waals surface area contributed by atoms with E-state index in [1.807, 2.05) is 0 Å². The van der Waals surface area contributed by atoms with Crippen LogP contribution >= 0.6 is 11.6 Å². The molecule has 10 heteroatoms. The molecule has 31 heavy (non-hydrogen) atoms. The first-order chi connectivity index (χ1) is 14.6. The molecule has 2 rings (SSSR count). The summed E-state index contributed by atoms with van der Waals surface area (Å²) in [6, 6.07) is 8.51. The molecule has 3 amide bonds. The van der Waals surface area contributed by atoms with Gasteiger partial charge < -0.3 is 20.9 Å². The predicted molar refractivity (Wildman–Crippen MR) is 116 cm³/mol. The molecule has 0 aliphatic heterocycles. The van der Waals surface area contributed by atoms with Crippen LogP contribution < -0.4 is 16.0 Å². The number of amides is 3. The molecule has 2 aromatic carbocycles. The van der Waals surface area contributed by atoms with Crippen LogP contribution in [0.15, 0.2) is 42.5 Å². The number of urea groups is 1. The fourth-order valence-electron chi connectivity index (χ4n) is 2.79. The van der Waals surface area contributed by atoms with Crippen LogP contribution in [-0.2, 0) is 6.18 Å². The summed E-state index contributed by atoms with van der Waals surface area (Å²) in [5, 5.41) is 7.28. The van der Waals surface area contributed by atoms with Crippen molar-refractivity contribution >= 4 is 34.9 Å². The van der Waals surface area contributed by atoms with Crippen molar-refractivity contribution in [3.63, 3.8) is 0 Å². The zero-order chi connectivity index (χ0) is 23.0. The maximum Gasteiger partial charge on any atom is 0.417 e. The Morgan fingerprint density at radius 2 is 1.55 bits per heavy atom. The molecule has 0 spiro atoms. The smallest absolute Gasteiger partial charge is 0.351 e. The van der Waals surface area contributed by atoms with Gasteiger partial charge in [-0.2, -0.15) is 13.2 Å². The number of carbonyl (C=O) groups is 2. The Morgan fingerprint density at radius 1 is 0.968 bits per heavy atom. The summed E-state index contributed by atoms with van der Waals surface area (Å²) in [7, 11) is 0. The Hall–Kier alpha value is -2.78. The number of hydrogen-bond acceptors (Lipinski definition) is 3. The molecule has 0 radical (unpaired) electrons. The molecule has 0 unspecified atom stereocenters. The van der Waals surface area contributed by atoms with Gasteiger partial charge in [-0.1, -0.05) is 25.4 Å². The van der Waals surface area contributed by atoms with Crippen LogP contribution in [0.3, 0.4) is 0 Å². The highest BCUT2D eigenvalue weighted by Crippen LogP contribution is 2.35. The monoisotopic (exact) mass is 456 g/mol. The third-order valence-electron chi connectivity index (χ3n) is 4.55. The van der Waals surface area contributed by atoms with Gasteiger partial charge >= 0.3 is 12.2 Å². The fourth-order valence-corrected chi connectivity index (χ4v) is 3.08. The lowest BCUT2D eigenvalue weighted by molar-refractivity contribution is -0.137. The van der Waals surface area contributed by atoms with Gasteiger partial charge in [0, 0.05) is 30.0 Å². The third-order valence-corrected chi connectivity index (χ3v) is 4.86. The Morgan fingerprint density at radius 3 is 2.10 bits per heavy atom. The molecule has 168 valence electrons. The summed E-state index contributed by atoms with van der Waals surface area (Å²) in [4.78, 5) is 26.5. The highest BCUT2D eigenvalue weighted by Gasteiger charge is 2.33. The minimum atomic E-state index is -4.57. The van der Waals surface area contributed by atoms with Gasteiger partial charge in [0.05, 0.1) is 10.6 Å². The largest absolute Gasteiger partial charge is 0.417 e. The molecular weight excluding hydrogens is 433 g/mol. The number of hydrogen-bond donors (Lipinski definition) is 3. The summed E-state index contributed by atoms with van der Waals surface area (Å²) >= 11 is 5.64. The summed E-state index contributed by atoms with van der Waals surface area (Å²) in [5.74, 6) is -0.220. The quantitative estimate of drug-likeness (QED) is 0.519. The maximum absolute atomic E-state index is 12.7. The second-order valence-corrected chi connectivity index (χ2v) is 7.04. The lowest BCUT2D eigenvalue weighted by atomic mass is 10.2. The molecule has 0 saturated carbocycles. The Kier molecular flexibility index (Phi) is 8.70. The lowest BCUT2D eigenvalue weighted by Crippen LogP contribution is -2.34.